The summed E-state index contributed by atoms with van der Waals surface area (Å²) in [6.07, 6.45) is 1.20. The molecule has 1 aromatic heterocycles. The summed E-state index contributed by atoms with van der Waals surface area (Å²) in [7, 11) is 0. The molecule has 0 spiro atoms. The molecule has 2 atom stereocenters. The van der Waals surface area contributed by atoms with Gasteiger partial charge in [-0.05, 0) is 25.0 Å². The van der Waals surface area contributed by atoms with Gasteiger partial charge in [0.15, 0.2) is 6.10 Å². The van der Waals surface area contributed by atoms with Crippen LogP contribution in [0.1, 0.15) is 42.1 Å². The zero-order valence-corrected chi connectivity index (χ0v) is 16.1. The number of carbonyl (C=O) groups excluding carboxylic acids is 2. The number of pyridine rings is 1. The Bertz CT molecular complexity index is 769. The molecule has 1 amide bonds. The molecule has 0 radical (unpaired) electrons. The number of amides is 1. The Morgan fingerprint density at radius 3 is 2.54 bits per heavy atom. The van der Waals surface area contributed by atoms with Crippen LogP contribution in [0.4, 0.5) is 0 Å². The smallest absolute Gasteiger partial charge is 0.340 e. The zero-order valence-electron chi connectivity index (χ0n) is 14.5. The van der Waals surface area contributed by atoms with Crippen LogP contribution in [0.25, 0.3) is 0 Å². The minimum atomic E-state index is -0.940. The van der Waals surface area contributed by atoms with E-state index >= 15 is 0 Å². The van der Waals surface area contributed by atoms with E-state index in [4.69, 9.17) is 27.9 Å². The second-order valence-electron chi connectivity index (χ2n) is 5.81. The predicted molar refractivity (Wildman–Crippen MR) is 102 cm³/mol. The molecule has 0 bridgehead atoms. The van der Waals surface area contributed by atoms with Crippen LogP contribution in [-0.4, -0.2) is 29.5 Å². The Morgan fingerprint density at radius 1 is 1.23 bits per heavy atom. The van der Waals surface area contributed by atoms with Crippen molar-refractivity contribution < 1.29 is 14.3 Å². The number of esters is 1. The minimum Gasteiger partial charge on any atom is -0.449 e. The van der Waals surface area contributed by atoms with Crippen LogP contribution >= 0.6 is 23.2 Å². The highest BCUT2D eigenvalue weighted by atomic mass is 35.5. The molecular formula is C19H20Cl2N2O3. The summed E-state index contributed by atoms with van der Waals surface area (Å²) < 4.78 is 5.17. The Hall–Kier alpha value is -2.11. The maximum Gasteiger partial charge on any atom is 0.340 e. The average molecular weight is 395 g/mol. The summed E-state index contributed by atoms with van der Waals surface area (Å²) in [6.45, 7) is 4.04. The van der Waals surface area contributed by atoms with E-state index < -0.39 is 12.1 Å². The number of halogens is 2. The number of rotatable bonds is 7. The normalized spacial score (nSPS) is 12.9. The number of benzene rings is 1. The number of ether oxygens (including phenoxy) is 1. The van der Waals surface area contributed by atoms with Gasteiger partial charge in [-0.15, -0.1) is 0 Å². The summed E-state index contributed by atoms with van der Waals surface area (Å²) in [5.74, 6) is -0.850. The molecule has 0 saturated carbocycles. The van der Waals surface area contributed by atoms with Crippen molar-refractivity contribution >= 4 is 35.1 Å². The topological polar surface area (TPSA) is 68.3 Å². The van der Waals surface area contributed by atoms with E-state index in [2.05, 4.69) is 17.2 Å². The first-order valence-corrected chi connectivity index (χ1v) is 9.02. The van der Waals surface area contributed by atoms with E-state index in [0.29, 0.717) is 6.54 Å². The van der Waals surface area contributed by atoms with Gasteiger partial charge < -0.3 is 10.1 Å². The van der Waals surface area contributed by atoms with Crippen molar-refractivity contribution in [1.29, 1.82) is 0 Å². The van der Waals surface area contributed by atoms with E-state index in [-0.39, 0.29) is 27.6 Å². The Balaban J connectivity index is 1.90. The summed E-state index contributed by atoms with van der Waals surface area (Å²) in [5.41, 5.74) is 1.29. The van der Waals surface area contributed by atoms with Crippen LogP contribution < -0.4 is 5.32 Å². The van der Waals surface area contributed by atoms with Gasteiger partial charge in [0.25, 0.3) is 5.91 Å². The quantitative estimate of drug-likeness (QED) is 0.562. The van der Waals surface area contributed by atoms with Gasteiger partial charge in [-0.25, -0.2) is 9.78 Å². The maximum absolute atomic E-state index is 12.2. The van der Waals surface area contributed by atoms with Gasteiger partial charge in [-0.1, -0.05) is 60.5 Å². The van der Waals surface area contributed by atoms with Crippen molar-refractivity contribution in [2.24, 2.45) is 0 Å². The molecule has 2 aromatic rings. The van der Waals surface area contributed by atoms with Gasteiger partial charge in [0, 0.05) is 18.7 Å². The van der Waals surface area contributed by atoms with Crippen LogP contribution in [0.2, 0.25) is 10.2 Å². The first-order chi connectivity index (χ1) is 12.4. The molecule has 1 aromatic carbocycles. The van der Waals surface area contributed by atoms with Crippen LogP contribution in [0, 0.1) is 0 Å². The molecule has 5 nitrogen and oxygen atoms in total. The molecule has 0 aliphatic heterocycles. The number of nitrogens with zero attached hydrogens (tertiary/aromatic N) is 1. The second-order valence-corrected chi connectivity index (χ2v) is 6.57. The van der Waals surface area contributed by atoms with Crippen LogP contribution in [0.15, 0.2) is 42.6 Å². The van der Waals surface area contributed by atoms with E-state index in [1.54, 1.807) is 0 Å². The van der Waals surface area contributed by atoms with Gasteiger partial charge in [0.05, 0.1) is 10.6 Å². The Morgan fingerprint density at radius 2 is 1.92 bits per heavy atom. The molecule has 0 aliphatic carbocycles. The van der Waals surface area contributed by atoms with E-state index in [9.17, 15) is 9.59 Å². The fraction of sp³-hybridized carbons (Fsp3) is 0.316. The monoisotopic (exact) mass is 394 g/mol. The molecule has 2 rings (SSSR count). The highest BCUT2D eigenvalue weighted by Crippen LogP contribution is 2.20. The van der Waals surface area contributed by atoms with Gasteiger partial charge in [0.1, 0.15) is 5.15 Å². The Kier molecular flexibility index (Phi) is 7.42. The minimum absolute atomic E-state index is 0.0977. The number of nitrogens with one attached hydrogen (secondary N) is 1. The van der Waals surface area contributed by atoms with Crippen molar-refractivity contribution in [2.45, 2.75) is 32.3 Å². The molecule has 1 heterocycles. The summed E-state index contributed by atoms with van der Waals surface area (Å²) in [5, 5.41) is 3.07. The average Bonchev–Trinajstić information content (AvgIpc) is 2.65. The lowest BCUT2D eigenvalue weighted by Gasteiger charge is -2.18. The van der Waals surface area contributed by atoms with Gasteiger partial charge in [0.2, 0.25) is 0 Å². The highest BCUT2D eigenvalue weighted by molar-refractivity contribution is 6.41. The third-order valence-electron chi connectivity index (χ3n) is 3.97. The number of carbonyl (C=O) groups is 2. The lowest BCUT2D eigenvalue weighted by Crippen LogP contribution is -2.38. The zero-order chi connectivity index (χ0) is 19.1. The summed E-state index contributed by atoms with van der Waals surface area (Å²) >= 11 is 11.6. The molecular weight excluding hydrogens is 375 g/mol. The highest BCUT2D eigenvalue weighted by Gasteiger charge is 2.21. The standard InChI is InChI=1S/C19H20Cl2N2O3/c1-3-13(14-7-5-4-6-8-14)10-23-18(24)12(2)26-19(25)15-9-16(20)17(21)22-11-15/h4-9,11-13H,3,10H2,1-2H3,(H,23,24)/t12-,13-/m0/s1. The van der Waals surface area contributed by atoms with E-state index in [1.165, 1.54) is 19.2 Å². The maximum atomic E-state index is 12.2. The molecule has 0 saturated heterocycles. The predicted octanol–water partition coefficient (Wildman–Crippen LogP) is 4.24. The summed E-state index contributed by atoms with van der Waals surface area (Å²) in [4.78, 5) is 28.1. The van der Waals surface area contributed by atoms with Crippen LogP contribution in [0.3, 0.4) is 0 Å². The van der Waals surface area contributed by atoms with Gasteiger partial charge in [-0.2, -0.15) is 0 Å². The van der Waals surface area contributed by atoms with Gasteiger partial charge in [-0.3, -0.25) is 4.79 Å². The van der Waals surface area contributed by atoms with Gasteiger partial charge >= 0.3 is 5.97 Å². The summed E-state index contributed by atoms with van der Waals surface area (Å²) in [6, 6.07) is 11.3. The fourth-order valence-corrected chi connectivity index (χ4v) is 2.68. The third-order valence-corrected chi connectivity index (χ3v) is 4.66. The molecule has 7 heteroatoms. The second kappa shape index (κ2) is 9.55. The van der Waals surface area contributed by atoms with Crippen molar-refractivity contribution in [2.75, 3.05) is 6.54 Å². The first-order valence-electron chi connectivity index (χ1n) is 8.27. The molecule has 26 heavy (non-hydrogen) atoms. The number of hydrogen-bond acceptors (Lipinski definition) is 4. The van der Waals surface area contributed by atoms with Crippen molar-refractivity contribution in [3.05, 3.63) is 63.9 Å². The van der Waals surface area contributed by atoms with Crippen molar-refractivity contribution in [3.63, 3.8) is 0 Å². The largest absolute Gasteiger partial charge is 0.449 e. The fourth-order valence-electron chi connectivity index (χ4n) is 2.41. The SMILES string of the molecule is CC[C@@H](CNC(=O)[C@H](C)OC(=O)c1cnc(Cl)c(Cl)c1)c1ccccc1. The molecule has 0 unspecified atom stereocenters. The van der Waals surface area contributed by atoms with E-state index in [1.807, 2.05) is 30.3 Å². The van der Waals surface area contributed by atoms with Crippen molar-refractivity contribution in [1.82, 2.24) is 10.3 Å². The molecule has 0 fully saturated rings. The number of aromatic nitrogens is 1. The van der Waals surface area contributed by atoms with Crippen LogP contribution in [-0.2, 0) is 9.53 Å². The molecule has 1 N–H and O–H groups in total. The Labute approximate surface area is 162 Å². The van der Waals surface area contributed by atoms with E-state index in [0.717, 1.165) is 12.0 Å². The van der Waals surface area contributed by atoms with Crippen LogP contribution in [0.5, 0.6) is 0 Å². The third kappa shape index (κ3) is 5.44. The molecule has 0 aliphatic rings. The lowest BCUT2D eigenvalue weighted by atomic mass is 9.96. The molecule has 138 valence electrons. The first kappa shape index (κ1) is 20.2. The van der Waals surface area contributed by atoms with Crippen molar-refractivity contribution in [3.8, 4) is 0 Å². The number of hydrogen-bond donors (Lipinski definition) is 1. The lowest BCUT2D eigenvalue weighted by molar-refractivity contribution is -0.129.